The Hall–Kier alpha value is -2.08. The summed E-state index contributed by atoms with van der Waals surface area (Å²) in [6.45, 7) is 4.99. The van der Waals surface area contributed by atoms with E-state index in [4.69, 9.17) is 21.7 Å². The van der Waals surface area contributed by atoms with Gasteiger partial charge in [0.2, 0.25) is 5.88 Å². The van der Waals surface area contributed by atoms with Gasteiger partial charge in [0.25, 0.3) is 10.9 Å². The first-order chi connectivity index (χ1) is 9.67. The van der Waals surface area contributed by atoms with E-state index in [0.29, 0.717) is 24.7 Å². The van der Waals surface area contributed by atoms with Crippen molar-refractivity contribution in [3.8, 4) is 5.75 Å². The van der Waals surface area contributed by atoms with Crippen LogP contribution in [0.1, 0.15) is 13.8 Å². The zero-order chi connectivity index (χ0) is 14.3. The molecular formula is C14H14N2O3S. The molecule has 0 aliphatic carbocycles. The molecule has 0 unspecified atom stereocenters. The molecule has 0 radical (unpaired) electrons. The molecule has 0 atom stereocenters. The van der Waals surface area contributed by atoms with Crippen molar-refractivity contribution in [3.05, 3.63) is 35.9 Å². The number of rotatable bonds is 2. The van der Waals surface area contributed by atoms with Crippen molar-refractivity contribution in [2.24, 2.45) is 0 Å². The van der Waals surface area contributed by atoms with Gasteiger partial charge in [-0.15, -0.1) is 0 Å². The Bertz CT molecular complexity index is 627. The van der Waals surface area contributed by atoms with Gasteiger partial charge in [-0.05, 0) is 38.2 Å². The van der Waals surface area contributed by atoms with Crippen LogP contribution >= 0.6 is 12.2 Å². The monoisotopic (exact) mass is 290 g/mol. The lowest BCUT2D eigenvalue weighted by molar-refractivity contribution is -0.123. The zero-order valence-corrected chi connectivity index (χ0v) is 12.1. The predicted octanol–water partition coefficient (Wildman–Crippen LogP) is 2.24. The minimum absolute atomic E-state index is 0.162. The molecule has 3 rings (SSSR count). The fraction of sp³-hybridized carbons (Fsp3) is 0.286. The molecule has 20 heavy (non-hydrogen) atoms. The van der Waals surface area contributed by atoms with Gasteiger partial charge in [-0.1, -0.05) is 12.1 Å². The predicted molar refractivity (Wildman–Crippen MR) is 78.2 cm³/mol. The second-order valence-corrected chi connectivity index (χ2v) is 4.71. The molecule has 0 aromatic heterocycles. The van der Waals surface area contributed by atoms with Crippen molar-refractivity contribution >= 4 is 29.0 Å². The van der Waals surface area contributed by atoms with Crippen LogP contribution in [0.5, 0.6) is 5.75 Å². The quantitative estimate of drug-likeness (QED) is 0.617. The Kier molecular flexibility index (Phi) is 3.10. The lowest BCUT2D eigenvalue weighted by Gasteiger charge is -2.15. The number of hydrogen-bond donors (Lipinski definition) is 0. The third kappa shape index (κ3) is 1.76. The second kappa shape index (κ2) is 4.79. The van der Waals surface area contributed by atoms with E-state index in [1.807, 2.05) is 43.0 Å². The number of benzene rings is 1. The van der Waals surface area contributed by atoms with Crippen molar-refractivity contribution in [3.63, 3.8) is 0 Å². The average molecular weight is 290 g/mol. The van der Waals surface area contributed by atoms with E-state index in [0.717, 1.165) is 5.69 Å². The van der Waals surface area contributed by atoms with Gasteiger partial charge in [0.15, 0.2) is 5.75 Å². The van der Waals surface area contributed by atoms with Gasteiger partial charge in [-0.2, -0.15) is 0 Å². The van der Waals surface area contributed by atoms with Gasteiger partial charge >= 0.3 is 5.91 Å². The van der Waals surface area contributed by atoms with E-state index < -0.39 is 0 Å². The van der Waals surface area contributed by atoms with Crippen LogP contribution in [0, 0.1) is 0 Å². The number of para-hydroxylation sites is 2. The van der Waals surface area contributed by atoms with Gasteiger partial charge < -0.3 is 14.4 Å². The Morgan fingerprint density at radius 3 is 2.45 bits per heavy atom. The number of anilines is 1. The maximum absolute atomic E-state index is 12.3. The molecule has 1 aromatic rings. The van der Waals surface area contributed by atoms with E-state index in [9.17, 15) is 4.79 Å². The van der Waals surface area contributed by atoms with Crippen LogP contribution in [0.4, 0.5) is 5.69 Å². The topological polar surface area (TPSA) is 42.0 Å². The van der Waals surface area contributed by atoms with Crippen molar-refractivity contribution in [1.82, 2.24) is 4.90 Å². The van der Waals surface area contributed by atoms with Gasteiger partial charge in [0, 0.05) is 13.1 Å². The SMILES string of the molecule is CCN1C(=O)/C(=C2\Oc3ccccc3N2CC)OC1=S. The lowest BCUT2D eigenvalue weighted by Crippen LogP contribution is -2.29. The van der Waals surface area contributed by atoms with Crippen molar-refractivity contribution in [2.75, 3.05) is 18.0 Å². The first-order valence-corrected chi connectivity index (χ1v) is 6.90. The van der Waals surface area contributed by atoms with E-state index in [1.165, 1.54) is 4.90 Å². The highest BCUT2D eigenvalue weighted by Gasteiger charge is 2.40. The summed E-state index contributed by atoms with van der Waals surface area (Å²) >= 11 is 5.07. The first kappa shape index (κ1) is 12.9. The first-order valence-electron chi connectivity index (χ1n) is 6.49. The van der Waals surface area contributed by atoms with Gasteiger partial charge in [0.1, 0.15) is 0 Å². The number of thiocarbonyl (C=S) groups is 1. The molecule has 1 amide bonds. The van der Waals surface area contributed by atoms with Crippen LogP contribution in [0.2, 0.25) is 0 Å². The molecule has 0 bridgehead atoms. The summed E-state index contributed by atoms with van der Waals surface area (Å²) in [6, 6.07) is 7.63. The largest absolute Gasteiger partial charge is 0.435 e. The lowest BCUT2D eigenvalue weighted by atomic mass is 10.3. The fourth-order valence-electron chi connectivity index (χ4n) is 2.32. The van der Waals surface area contributed by atoms with Crippen molar-refractivity contribution in [1.29, 1.82) is 0 Å². The number of likely N-dealkylation sites (N-methyl/N-ethyl adjacent to an activating group) is 1. The van der Waals surface area contributed by atoms with Gasteiger partial charge in [0.05, 0.1) is 5.69 Å². The Labute approximate surface area is 122 Å². The van der Waals surface area contributed by atoms with Crippen molar-refractivity contribution < 1.29 is 14.3 Å². The molecule has 5 nitrogen and oxygen atoms in total. The normalized spacial score (nSPS) is 21.1. The van der Waals surface area contributed by atoms with Crippen molar-refractivity contribution in [2.45, 2.75) is 13.8 Å². The summed E-state index contributed by atoms with van der Waals surface area (Å²) in [5.74, 6) is 1.04. The minimum atomic E-state index is -0.251. The molecular weight excluding hydrogens is 276 g/mol. The van der Waals surface area contributed by atoms with E-state index >= 15 is 0 Å². The van der Waals surface area contributed by atoms with Crippen LogP contribution in [-0.4, -0.2) is 29.1 Å². The molecule has 0 saturated carbocycles. The highest BCUT2D eigenvalue weighted by Crippen LogP contribution is 2.40. The average Bonchev–Trinajstić information content (AvgIpc) is 2.95. The molecule has 1 fully saturated rings. The summed E-state index contributed by atoms with van der Waals surface area (Å²) in [5, 5.41) is 0.176. The number of fused-ring (bicyclic) bond motifs is 1. The fourth-order valence-corrected chi connectivity index (χ4v) is 2.61. The molecule has 104 valence electrons. The van der Waals surface area contributed by atoms with Crippen LogP contribution in [0.15, 0.2) is 35.9 Å². The molecule has 0 N–H and O–H groups in total. The Morgan fingerprint density at radius 1 is 1.10 bits per heavy atom. The van der Waals surface area contributed by atoms with Gasteiger partial charge in [-0.3, -0.25) is 9.69 Å². The van der Waals surface area contributed by atoms with E-state index in [2.05, 4.69) is 0 Å². The molecule has 6 heteroatoms. The number of ether oxygens (including phenoxy) is 2. The third-order valence-electron chi connectivity index (χ3n) is 3.28. The Morgan fingerprint density at radius 2 is 1.80 bits per heavy atom. The standard InChI is InChI=1S/C14H14N2O3S/c1-3-15-9-7-5-6-8-10(9)18-13(15)11-12(17)16(4-2)14(20)19-11/h5-8H,3-4H2,1-2H3/b13-11+. The summed E-state index contributed by atoms with van der Waals surface area (Å²) in [4.78, 5) is 15.6. The van der Waals surface area contributed by atoms with Gasteiger partial charge in [-0.25, -0.2) is 0 Å². The van der Waals surface area contributed by atoms with E-state index in [1.54, 1.807) is 0 Å². The van der Waals surface area contributed by atoms with Crippen LogP contribution < -0.4 is 9.64 Å². The summed E-state index contributed by atoms with van der Waals surface area (Å²) in [6.07, 6.45) is 0. The molecule has 1 saturated heterocycles. The molecule has 0 spiro atoms. The highest BCUT2D eigenvalue weighted by molar-refractivity contribution is 7.80. The van der Waals surface area contributed by atoms with Crippen LogP contribution in [-0.2, 0) is 9.53 Å². The Balaban J connectivity index is 2.06. The van der Waals surface area contributed by atoms with E-state index in [-0.39, 0.29) is 16.8 Å². The number of hydrogen-bond acceptors (Lipinski definition) is 5. The maximum Gasteiger partial charge on any atom is 0.302 e. The maximum atomic E-state index is 12.3. The molecule has 1 aromatic carbocycles. The molecule has 2 aliphatic heterocycles. The summed E-state index contributed by atoms with van der Waals surface area (Å²) in [7, 11) is 0. The van der Waals surface area contributed by atoms with Crippen LogP contribution in [0.3, 0.4) is 0 Å². The number of amides is 1. The highest BCUT2D eigenvalue weighted by atomic mass is 32.1. The third-order valence-corrected chi connectivity index (χ3v) is 3.59. The van der Waals surface area contributed by atoms with Crippen LogP contribution in [0.25, 0.3) is 0 Å². The summed E-state index contributed by atoms with van der Waals surface area (Å²) < 4.78 is 11.2. The summed E-state index contributed by atoms with van der Waals surface area (Å²) in [5.41, 5.74) is 0.926. The molecule has 2 heterocycles. The number of nitrogens with zero attached hydrogens (tertiary/aromatic N) is 2. The zero-order valence-electron chi connectivity index (χ0n) is 11.3. The second-order valence-electron chi connectivity index (χ2n) is 4.37. The number of carbonyl (C=O) groups is 1. The number of carbonyl (C=O) groups excluding carboxylic acids is 1. The molecule has 2 aliphatic rings. The smallest absolute Gasteiger partial charge is 0.302 e. The minimum Gasteiger partial charge on any atom is -0.435 e.